The molecule has 0 saturated heterocycles. The third kappa shape index (κ3) is 4.95. The van der Waals surface area contributed by atoms with Crippen LogP contribution in [0.15, 0.2) is 53.4 Å². The van der Waals surface area contributed by atoms with E-state index in [1.54, 1.807) is 0 Å². The van der Waals surface area contributed by atoms with Gasteiger partial charge in [-0.15, -0.1) is 0 Å². The maximum Gasteiger partial charge on any atom is 0.416 e. The van der Waals surface area contributed by atoms with Crippen molar-refractivity contribution in [3.05, 3.63) is 65.2 Å². The topological polar surface area (TPSA) is 46.2 Å². The number of nitrogens with one attached hydrogen (secondary N) is 1. The van der Waals surface area contributed by atoms with Crippen molar-refractivity contribution in [2.75, 3.05) is 0 Å². The number of benzene rings is 2. The minimum absolute atomic E-state index is 0.0605. The number of hydrogen-bond donors (Lipinski definition) is 1. The van der Waals surface area contributed by atoms with Crippen LogP contribution >= 0.6 is 0 Å². The van der Waals surface area contributed by atoms with Gasteiger partial charge in [0.2, 0.25) is 10.0 Å². The summed E-state index contributed by atoms with van der Waals surface area (Å²) in [5.74, 6) is 0. The Morgan fingerprint density at radius 3 is 1.88 bits per heavy atom. The van der Waals surface area contributed by atoms with Crippen LogP contribution in [0, 0.1) is 0 Å². The summed E-state index contributed by atoms with van der Waals surface area (Å²) < 4.78 is 101. The van der Waals surface area contributed by atoms with E-state index in [1.165, 1.54) is 6.07 Å². The lowest BCUT2D eigenvalue weighted by molar-refractivity contribution is -0.138. The molecule has 0 radical (unpaired) electrons. The lowest BCUT2D eigenvalue weighted by Gasteiger charge is -2.11. The molecule has 2 rings (SSSR count). The Hall–Kier alpha value is -2.07. The van der Waals surface area contributed by atoms with E-state index in [0.29, 0.717) is 12.1 Å². The Bertz CT molecular complexity index is 842. The van der Waals surface area contributed by atoms with E-state index < -0.39 is 44.9 Å². The largest absolute Gasteiger partial charge is 0.416 e. The van der Waals surface area contributed by atoms with Gasteiger partial charge in [-0.1, -0.05) is 18.2 Å². The summed E-state index contributed by atoms with van der Waals surface area (Å²) in [6.07, 6.45) is -9.17. The van der Waals surface area contributed by atoms with Crippen molar-refractivity contribution in [1.82, 2.24) is 4.72 Å². The van der Waals surface area contributed by atoms with Crippen molar-refractivity contribution < 1.29 is 34.8 Å². The van der Waals surface area contributed by atoms with E-state index in [1.807, 2.05) is 0 Å². The van der Waals surface area contributed by atoms with Gasteiger partial charge in [-0.2, -0.15) is 26.3 Å². The Kier molecular flexibility index (Phi) is 5.14. The molecule has 0 amide bonds. The molecule has 0 saturated carbocycles. The number of halogens is 6. The minimum Gasteiger partial charge on any atom is -0.207 e. The van der Waals surface area contributed by atoms with Crippen molar-refractivity contribution in [1.29, 1.82) is 0 Å². The Morgan fingerprint density at radius 1 is 0.800 bits per heavy atom. The fourth-order valence-corrected chi connectivity index (χ4v) is 2.96. The number of rotatable bonds is 4. The second kappa shape index (κ2) is 6.68. The van der Waals surface area contributed by atoms with E-state index in [-0.39, 0.29) is 5.56 Å². The van der Waals surface area contributed by atoms with Gasteiger partial charge in [0, 0.05) is 6.54 Å². The molecule has 2 aromatic carbocycles. The highest BCUT2D eigenvalue weighted by Gasteiger charge is 2.31. The molecule has 10 heteroatoms. The molecule has 0 fully saturated rings. The van der Waals surface area contributed by atoms with E-state index in [9.17, 15) is 34.8 Å². The first kappa shape index (κ1) is 19.3. The van der Waals surface area contributed by atoms with Crippen molar-refractivity contribution >= 4 is 10.0 Å². The molecule has 136 valence electrons. The predicted molar refractivity (Wildman–Crippen MR) is 76.9 cm³/mol. The monoisotopic (exact) mass is 383 g/mol. The summed E-state index contributed by atoms with van der Waals surface area (Å²) in [6.45, 7) is -0.437. The molecule has 0 bridgehead atoms. The number of sulfonamides is 1. The molecule has 0 aliphatic heterocycles. The molecule has 1 N–H and O–H groups in total. The summed E-state index contributed by atoms with van der Waals surface area (Å²) in [7, 11) is -4.17. The van der Waals surface area contributed by atoms with E-state index in [0.717, 1.165) is 30.3 Å². The summed E-state index contributed by atoms with van der Waals surface area (Å²) >= 11 is 0. The van der Waals surface area contributed by atoms with Crippen LogP contribution < -0.4 is 4.72 Å². The third-order valence-electron chi connectivity index (χ3n) is 3.21. The Labute approximate surface area is 139 Å². The quantitative estimate of drug-likeness (QED) is 0.805. The molecule has 3 nitrogen and oxygen atoms in total. The summed E-state index contributed by atoms with van der Waals surface area (Å²) in [5, 5.41) is 0. The lowest BCUT2D eigenvalue weighted by atomic mass is 10.1. The highest BCUT2D eigenvalue weighted by Crippen LogP contribution is 2.30. The van der Waals surface area contributed by atoms with Crippen LogP contribution in [0.1, 0.15) is 16.7 Å². The van der Waals surface area contributed by atoms with Crippen molar-refractivity contribution in [3.63, 3.8) is 0 Å². The number of hydrogen-bond acceptors (Lipinski definition) is 2. The van der Waals surface area contributed by atoms with Crippen molar-refractivity contribution in [2.24, 2.45) is 0 Å². The van der Waals surface area contributed by atoms with E-state index in [4.69, 9.17) is 0 Å². The molecular formula is C15H11F6NO2S. The van der Waals surface area contributed by atoms with Crippen LogP contribution in [0.4, 0.5) is 26.3 Å². The van der Waals surface area contributed by atoms with Gasteiger partial charge in [0.15, 0.2) is 0 Å². The normalized spacial score (nSPS) is 13.0. The van der Waals surface area contributed by atoms with Crippen LogP contribution in [0.5, 0.6) is 0 Å². The molecule has 0 spiro atoms. The molecule has 0 atom stereocenters. The van der Waals surface area contributed by atoms with Gasteiger partial charge < -0.3 is 0 Å². The summed E-state index contributed by atoms with van der Waals surface area (Å²) in [4.78, 5) is -0.424. The van der Waals surface area contributed by atoms with Crippen LogP contribution in [0.2, 0.25) is 0 Å². The second-order valence-electron chi connectivity index (χ2n) is 5.04. The maximum atomic E-state index is 12.6. The van der Waals surface area contributed by atoms with Gasteiger partial charge in [-0.05, 0) is 35.9 Å². The smallest absolute Gasteiger partial charge is 0.207 e. The molecule has 0 aliphatic rings. The minimum atomic E-state index is -4.60. The fourth-order valence-electron chi connectivity index (χ4n) is 1.94. The van der Waals surface area contributed by atoms with Gasteiger partial charge in [0.05, 0.1) is 16.0 Å². The highest BCUT2D eigenvalue weighted by atomic mass is 32.2. The molecule has 25 heavy (non-hydrogen) atoms. The second-order valence-corrected chi connectivity index (χ2v) is 6.81. The van der Waals surface area contributed by atoms with Gasteiger partial charge >= 0.3 is 12.4 Å². The molecular weight excluding hydrogens is 372 g/mol. The van der Waals surface area contributed by atoms with Crippen molar-refractivity contribution in [2.45, 2.75) is 23.8 Å². The Balaban J connectivity index is 2.14. The SMILES string of the molecule is O=S(=O)(NCc1cccc(C(F)(F)F)c1)c1ccc(C(F)(F)F)cc1. The molecule has 0 heterocycles. The fraction of sp³-hybridized carbons (Fsp3) is 0.200. The zero-order chi connectivity index (χ0) is 18.9. The van der Waals surface area contributed by atoms with Gasteiger partial charge in [0.1, 0.15) is 0 Å². The molecule has 0 aromatic heterocycles. The zero-order valence-corrected chi connectivity index (χ0v) is 13.1. The molecule has 0 unspecified atom stereocenters. The first-order valence-corrected chi connectivity index (χ1v) is 8.21. The first-order valence-electron chi connectivity index (χ1n) is 6.73. The highest BCUT2D eigenvalue weighted by molar-refractivity contribution is 7.89. The van der Waals surface area contributed by atoms with E-state index >= 15 is 0 Å². The first-order chi connectivity index (χ1) is 11.4. The number of alkyl halides is 6. The summed E-state index contributed by atoms with van der Waals surface area (Å²) in [5.41, 5.74) is -1.88. The van der Waals surface area contributed by atoms with Crippen LogP contribution in [-0.2, 0) is 28.9 Å². The van der Waals surface area contributed by atoms with E-state index in [2.05, 4.69) is 4.72 Å². The molecule has 2 aromatic rings. The van der Waals surface area contributed by atoms with Crippen LogP contribution in [0.3, 0.4) is 0 Å². The maximum absolute atomic E-state index is 12.6. The Morgan fingerprint density at radius 2 is 1.36 bits per heavy atom. The van der Waals surface area contributed by atoms with Crippen molar-refractivity contribution in [3.8, 4) is 0 Å². The lowest BCUT2D eigenvalue weighted by Crippen LogP contribution is -2.23. The molecule has 0 aliphatic carbocycles. The van der Waals surface area contributed by atoms with Gasteiger partial charge in [-0.25, -0.2) is 13.1 Å². The van der Waals surface area contributed by atoms with Crippen LogP contribution in [0.25, 0.3) is 0 Å². The van der Waals surface area contributed by atoms with Gasteiger partial charge in [0.25, 0.3) is 0 Å². The predicted octanol–water partition coefficient (Wildman–Crippen LogP) is 4.20. The zero-order valence-electron chi connectivity index (χ0n) is 12.3. The van der Waals surface area contributed by atoms with Gasteiger partial charge in [-0.3, -0.25) is 0 Å². The third-order valence-corrected chi connectivity index (χ3v) is 4.63. The standard InChI is InChI=1S/C15H11F6NO2S/c16-14(17,18)11-4-6-13(7-5-11)25(23,24)22-9-10-2-1-3-12(8-10)15(19,20)21/h1-8,22H,9H2. The summed E-state index contributed by atoms with van der Waals surface area (Å²) in [6, 6.07) is 6.82. The van der Waals surface area contributed by atoms with Crippen LogP contribution in [-0.4, -0.2) is 8.42 Å². The average Bonchev–Trinajstić information content (AvgIpc) is 2.52. The average molecular weight is 383 g/mol.